The van der Waals surface area contributed by atoms with Crippen molar-refractivity contribution in [2.75, 3.05) is 12.0 Å². The molecule has 6 heteroatoms. The Bertz CT molecular complexity index is 663. The Morgan fingerprint density at radius 2 is 1.90 bits per heavy atom. The molecule has 2 unspecified atom stereocenters. The Labute approximate surface area is 125 Å². The predicted molar refractivity (Wildman–Crippen MR) is 84.3 cm³/mol. The van der Waals surface area contributed by atoms with Gasteiger partial charge in [-0.15, -0.1) is 0 Å². The maximum Gasteiger partial charge on any atom is 0.148 e. The second-order valence-corrected chi connectivity index (χ2v) is 7.63. The highest BCUT2D eigenvalue weighted by Crippen LogP contribution is 2.16. The van der Waals surface area contributed by atoms with Crippen LogP contribution in [0.4, 0.5) is 0 Å². The normalized spacial score (nSPS) is 14.8. The molecule has 0 radical (unpaired) electrons. The van der Waals surface area contributed by atoms with Crippen molar-refractivity contribution in [3.8, 4) is 5.69 Å². The van der Waals surface area contributed by atoms with E-state index in [1.807, 2.05) is 48.9 Å². The predicted octanol–water partition coefficient (Wildman–Crippen LogP) is 1.96. The van der Waals surface area contributed by atoms with Crippen molar-refractivity contribution >= 4 is 9.84 Å². The third kappa shape index (κ3) is 4.68. The molecule has 0 spiro atoms. The van der Waals surface area contributed by atoms with Gasteiger partial charge in [-0.3, -0.25) is 0 Å². The molecule has 0 aliphatic rings. The van der Waals surface area contributed by atoms with Crippen molar-refractivity contribution in [1.82, 2.24) is 14.9 Å². The fraction of sp³-hybridized carbons (Fsp3) is 0.400. The Morgan fingerprint density at radius 3 is 2.43 bits per heavy atom. The van der Waals surface area contributed by atoms with Crippen molar-refractivity contribution in [3.05, 3.63) is 48.5 Å². The van der Waals surface area contributed by atoms with Crippen molar-refractivity contribution < 1.29 is 8.42 Å². The first kappa shape index (κ1) is 15.7. The fourth-order valence-corrected chi connectivity index (χ4v) is 3.38. The average molecular weight is 307 g/mol. The zero-order chi connectivity index (χ0) is 15.5. The van der Waals surface area contributed by atoms with Crippen LogP contribution in [0.15, 0.2) is 43.0 Å². The smallest absolute Gasteiger partial charge is 0.148 e. The lowest BCUT2D eigenvalue weighted by Gasteiger charge is -2.20. The zero-order valence-electron chi connectivity index (χ0n) is 12.5. The molecule has 5 nitrogen and oxygen atoms in total. The number of imidazole rings is 1. The van der Waals surface area contributed by atoms with Crippen LogP contribution in [0, 0.1) is 0 Å². The van der Waals surface area contributed by atoms with Gasteiger partial charge in [0.05, 0.1) is 12.1 Å². The molecule has 1 N–H and O–H groups in total. The Hall–Kier alpha value is -1.66. The van der Waals surface area contributed by atoms with Crippen LogP contribution in [0.5, 0.6) is 0 Å². The van der Waals surface area contributed by atoms with Crippen LogP contribution < -0.4 is 5.32 Å². The summed E-state index contributed by atoms with van der Waals surface area (Å²) in [5, 5.41) is 3.31. The highest BCUT2D eigenvalue weighted by atomic mass is 32.2. The number of hydrogen-bond donors (Lipinski definition) is 1. The Morgan fingerprint density at radius 1 is 1.24 bits per heavy atom. The molecule has 0 saturated heterocycles. The molecule has 0 aliphatic heterocycles. The highest BCUT2D eigenvalue weighted by molar-refractivity contribution is 7.90. The van der Waals surface area contributed by atoms with E-state index in [9.17, 15) is 8.42 Å². The standard InChI is InChI=1S/C15H21N3O2S/c1-12(10-21(3,19)20)17-13(2)14-4-6-15(7-5-14)18-9-8-16-11-18/h4-9,11-13,17H,10H2,1-3H3. The molecule has 0 aliphatic carbocycles. The number of nitrogens with one attached hydrogen (secondary N) is 1. The maximum atomic E-state index is 11.3. The molecule has 0 saturated carbocycles. The van der Waals surface area contributed by atoms with Gasteiger partial charge in [-0.05, 0) is 31.5 Å². The lowest BCUT2D eigenvalue weighted by Crippen LogP contribution is -2.34. The first-order valence-corrected chi connectivity index (χ1v) is 8.93. The first-order valence-electron chi connectivity index (χ1n) is 6.87. The molecular weight excluding hydrogens is 286 g/mol. The van der Waals surface area contributed by atoms with Gasteiger partial charge < -0.3 is 9.88 Å². The van der Waals surface area contributed by atoms with E-state index in [2.05, 4.69) is 10.3 Å². The van der Waals surface area contributed by atoms with Gasteiger partial charge in [0.2, 0.25) is 0 Å². The molecule has 114 valence electrons. The summed E-state index contributed by atoms with van der Waals surface area (Å²) >= 11 is 0. The molecule has 1 heterocycles. The van der Waals surface area contributed by atoms with Gasteiger partial charge in [-0.2, -0.15) is 0 Å². The van der Waals surface area contributed by atoms with Crippen molar-refractivity contribution in [1.29, 1.82) is 0 Å². The molecule has 2 rings (SSSR count). The van der Waals surface area contributed by atoms with E-state index in [1.165, 1.54) is 6.26 Å². The van der Waals surface area contributed by atoms with Gasteiger partial charge in [-0.25, -0.2) is 13.4 Å². The van der Waals surface area contributed by atoms with E-state index in [0.717, 1.165) is 11.3 Å². The minimum Gasteiger partial charge on any atom is -0.307 e. The number of rotatable bonds is 6. The van der Waals surface area contributed by atoms with Crippen molar-refractivity contribution in [3.63, 3.8) is 0 Å². The van der Waals surface area contributed by atoms with Crippen LogP contribution in [-0.4, -0.2) is 36.0 Å². The lowest BCUT2D eigenvalue weighted by molar-refractivity contribution is 0.500. The van der Waals surface area contributed by atoms with Gasteiger partial charge >= 0.3 is 0 Å². The summed E-state index contributed by atoms with van der Waals surface area (Å²) < 4.78 is 24.5. The molecule has 0 amide bonds. The number of sulfone groups is 1. The van der Waals surface area contributed by atoms with Crippen LogP contribution in [-0.2, 0) is 9.84 Å². The highest BCUT2D eigenvalue weighted by Gasteiger charge is 2.14. The van der Waals surface area contributed by atoms with Crippen LogP contribution in [0.25, 0.3) is 5.69 Å². The average Bonchev–Trinajstić information content (AvgIpc) is 2.90. The first-order chi connectivity index (χ1) is 9.85. The van der Waals surface area contributed by atoms with Gasteiger partial charge in [0.25, 0.3) is 0 Å². The van der Waals surface area contributed by atoms with E-state index in [-0.39, 0.29) is 17.8 Å². The fourth-order valence-electron chi connectivity index (χ4n) is 2.37. The lowest BCUT2D eigenvalue weighted by atomic mass is 10.1. The quantitative estimate of drug-likeness (QED) is 0.886. The number of nitrogens with zero attached hydrogens (tertiary/aromatic N) is 2. The van der Waals surface area contributed by atoms with Gasteiger partial charge in [0.1, 0.15) is 9.84 Å². The minimum absolute atomic E-state index is 0.0803. The largest absolute Gasteiger partial charge is 0.307 e. The molecule has 0 fully saturated rings. The molecule has 21 heavy (non-hydrogen) atoms. The number of aromatic nitrogens is 2. The summed E-state index contributed by atoms with van der Waals surface area (Å²) in [6.07, 6.45) is 6.65. The van der Waals surface area contributed by atoms with Gasteiger partial charge in [-0.1, -0.05) is 12.1 Å². The van der Waals surface area contributed by atoms with Gasteiger partial charge in [0, 0.05) is 36.4 Å². The second kappa shape index (κ2) is 6.41. The van der Waals surface area contributed by atoms with Crippen LogP contribution in [0.2, 0.25) is 0 Å². The van der Waals surface area contributed by atoms with E-state index in [1.54, 1.807) is 12.5 Å². The molecule has 2 atom stereocenters. The molecule has 1 aromatic carbocycles. The van der Waals surface area contributed by atoms with Gasteiger partial charge in [0.15, 0.2) is 0 Å². The second-order valence-electron chi connectivity index (χ2n) is 5.44. The summed E-state index contributed by atoms with van der Waals surface area (Å²) in [5.74, 6) is 0.143. The summed E-state index contributed by atoms with van der Waals surface area (Å²) in [6.45, 7) is 3.92. The molecule has 0 bridgehead atoms. The zero-order valence-corrected chi connectivity index (χ0v) is 13.3. The topological polar surface area (TPSA) is 64.0 Å². The van der Waals surface area contributed by atoms with E-state index in [0.29, 0.717) is 0 Å². The van der Waals surface area contributed by atoms with E-state index in [4.69, 9.17) is 0 Å². The number of benzene rings is 1. The summed E-state index contributed by atoms with van der Waals surface area (Å²) in [5.41, 5.74) is 2.17. The summed E-state index contributed by atoms with van der Waals surface area (Å²) in [7, 11) is -2.96. The summed E-state index contributed by atoms with van der Waals surface area (Å²) in [4.78, 5) is 4.02. The molecule has 1 aromatic heterocycles. The molecule has 2 aromatic rings. The third-order valence-electron chi connectivity index (χ3n) is 3.28. The van der Waals surface area contributed by atoms with Crippen molar-refractivity contribution in [2.24, 2.45) is 0 Å². The Balaban J connectivity index is 2.01. The third-order valence-corrected chi connectivity index (χ3v) is 4.39. The van der Waals surface area contributed by atoms with Crippen molar-refractivity contribution in [2.45, 2.75) is 25.9 Å². The van der Waals surface area contributed by atoms with Crippen LogP contribution >= 0.6 is 0 Å². The van der Waals surface area contributed by atoms with Crippen LogP contribution in [0.3, 0.4) is 0 Å². The summed E-state index contributed by atoms with van der Waals surface area (Å²) in [6, 6.07) is 8.15. The van der Waals surface area contributed by atoms with E-state index >= 15 is 0 Å². The monoisotopic (exact) mass is 307 g/mol. The minimum atomic E-state index is -2.96. The molecular formula is C15H21N3O2S. The number of hydrogen-bond acceptors (Lipinski definition) is 4. The maximum absolute atomic E-state index is 11.3. The SMILES string of the molecule is CC(CS(C)(=O)=O)NC(C)c1ccc(-n2ccnc2)cc1. The Kier molecular flexibility index (Phi) is 4.80. The van der Waals surface area contributed by atoms with Crippen LogP contribution in [0.1, 0.15) is 25.5 Å². The van der Waals surface area contributed by atoms with E-state index < -0.39 is 9.84 Å².